The van der Waals surface area contributed by atoms with Crippen LogP contribution in [0.3, 0.4) is 0 Å². The predicted molar refractivity (Wildman–Crippen MR) is 471 cm³/mol. The topological polar surface area (TPSA) is 267 Å². The summed E-state index contributed by atoms with van der Waals surface area (Å²) in [6.07, 6.45) is 0.685. The molecule has 9 aromatic carbocycles. The molecule has 11 heterocycles. The number of azide groups is 1. The monoisotopic (exact) mass is 1680 g/mol. The van der Waals surface area contributed by atoms with Crippen molar-refractivity contribution in [3.63, 3.8) is 0 Å². The van der Waals surface area contributed by atoms with Crippen LogP contribution in [-0.2, 0) is 33.2 Å². The van der Waals surface area contributed by atoms with Crippen LogP contribution in [0.2, 0.25) is 0 Å². The lowest BCUT2D eigenvalue weighted by Crippen LogP contribution is -2.71. The number of likely N-dealkylation sites (tertiary alicyclic amines) is 1. The van der Waals surface area contributed by atoms with Crippen molar-refractivity contribution in [2.24, 2.45) is 10.1 Å². The summed E-state index contributed by atoms with van der Waals surface area (Å²) in [6.45, 7) is 15.8. The molecule has 0 bridgehead atoms. The number of fused-ring (bicyclic) bond motifs is 7. The van der Waals surface area contributed by atoms with Gasteiger partial charge < -0.3 is 38.5 Å². The lowest BCUT2D eigenvalue weighted by Gasteiger charge is -2.58. The summed E-state index contributed by atoms with van der Waals surface area (Å²) in [5.41, 5.74) is 20.7. The normalized spacial score (nSPS) is 27.3. The molecule has 1 N–H and O–H groups in total. The van der Waals surface area contributed by atoms with Crippen molar-refractivity contribution < 1.29 is 62.0 Å². The minimum atomic E-state index is -0.949. The Labute approximate surface area is 731 Å². The molecule has 0 radical (unpaired) electrons. The van der Waals surface area contributed by atoms with Crippen molar-refractivity contribution in [1.82, 2.24) is 34.7 Å². The number of ether oxygens (including phenoxy) is 6. The number of aldehydes is 1. The number of carbonyl (C=O) groups is 7. The molecular formula is C102H95N11O13. The lowest BCUT2D eigenvalue weighted by atomic mass is 9.73. The van der Waals surface area contributed by atoms with E-state index in [-0.39, 0.29) is 133 Å². The summed E-state index contributed by atoms with van der Waals surface area (Å²) >= 11 is 0. The Balaban J connectivity index is 0.000000128. The largest absolute Gasteiger partial charge is 0.343 e. The molecule has 0 unspecified atom stereocenters. The van der Waals surface area contributed by atoms with Gasteiger partial charge >= 0.3 is 0 Å². The fourth-order valence-electron chi connectivity index (χ4n) is 19.9. The molecule has 7 fully saturated rings. The number of nitrogens with one attached hydrogen (secondary N) is 1. The van der Waals surface area contributed by atoms with Gasteiger partial charge in [-0.25, -0.2) is 0 Å². The molecule has 15 atom stereocenters. The van der Waals surface area contributed by atoms with E-state index in [1.807, 2.05) is 161 Å². The number of benzene rings is 9. The van der Waals surface area contributed by atoms with Gasteiger partial charge in [-0.2, -0.15) is 0 Å². The fourth-order valence-corrected chi connectivity index (χ4v) is 19.9. The standard InChI is InChI=1S/C34H31N5O5.C34H33N3O4.C34H31N3O4/c1-34(2)43-29(30(21-40)44-34)20-38-27(18-36-37-35)31(24-16-14-23(15-17-24)13-12-22-8-4-3-5-9-22)28(38)19-39-32(41)25-10-6-7-11-26(25)33(39)42;2*1-34(2)40-29-19-35-18-27-31(24-16-14-23(15-17-24)13-12-22-8-4-3-5-9-22)28(36(27)21-30(29)41-34)20-37-32(38)25-10-6-7-11-26(25)33(37)39/h3-11,14-17,21,27-31H,18-20H2,1-2H3;3-11,14-17,27-31,35H,18-21H2,1-2H3;3-11,14-17,19,27-31H,18,20-21H2,1-2H3/t27-,28+,29-,30+,31+;2*27-,28+,29+,30-,31+/m000/s1. The summed E-state index contributed by atoms with van der Waals surface area (Å²) < 4.78 is 36.7. The van der Waals surface area contributed by atoms with Gasteiger partial charge in [0, 0.05) is 157 Å². The van der Waals surface area contributed by atoms with Crippen LogP contribution in [0.1, 0.15) is 172 Å². The van der Waals surface area contributed by atoms with Crippen molar-refractivity contribution in [3.8, 4) is 35.5 Å². The molecule has 0 spiro atoms. The first-order valence-corrected chi connectivity index (χ1v) is 42.9. The number of rotatable bonds is 14. The quantitative estimate of drug-likeness (QED) is 0.0265. The van der Waals surface area contributed by atoms with Gasteiger partial charge in [-0.15, -0.1) is 0 Å². The third-order valence-electron chi connectivity index (χ3n) is 25.7. The number of nitrogens with zero attached hydrogens (tertiary/aromatic N) is 10. The molecule has 7 saturated heterocycles. The Morgan fingerprint density at radius 2 is 0.762 bits per heavy atom. The highest BCUT2D eigenvalue weighted by atomic mass is 16.8. The minimum Gasteiger partial charge on any atom is -0.343 e. The summed E-state index contributed by atoms with van der Waals surface area (Å²) in [4.78, 5) is 111. The molecule has 9 aromatic rings. The van der Waals surface area contributed by atoms with Gasteiger partial charge in [-0.3, -0.25) is 63.2 Å². The molecule has 24 heteroatoms. The van der Waals surface area contributed by atoms with Crippen molar-refractivity contribution in [3.05, 3.63) is 330 Å². The maximum absolute atomic E-state index is 13.4. The molecule has 20 rings (SSSR count). The number of hydrogen-bond acceptors (Lipinski definition) is 19. The van der Waals surface area contributed by atoms with E-state index >= 15 is 0 Å². The number of amides is 6. The molecule has 11 aliphatic heterocycles. The van der Waals surface area contributed by atoms with E-state index < -0.39 is 29.6 Å². The zero-order valence-electron chi connectivity index (χ0n) is 70.7. The third-order valence-corrected chi connectivity index (χ3v) is 25.7. The van der Waals surface area contributed by atoms with Gasteiger partial charge in [0.05, 0.1) is 39.9 Å². The second-order valence-electron chi connectivity index (χ2n) is 34.8. The first-order chi connectivity index (χ1) is 61.0. The highest BCUT2D eigenvalue weighted by molar-refractivity contribution is 6.23. The maximum Gasteiger partial charge on any atom is 0.261 e. The molecule has 0 aromatic heterocycles. The van der Waals surface area contributed by atoms with Crippen LogP contribution in [-0.4, -0.2) is 233 Å². The molecule has 0 aliphatic carbocycles. The van der Waals surface area contributed by atoms with Crippen molar-refractivity contribution in [2.45, 2.75) is 150 Å². The van der Waals surface area contributed by atoms with Gasteiger partial charge in [0.15, 0.2) is 23.6 Å². The van der Waals surface area contributed by atoms with Crippen LogP contribution in [0.5, 0.6) is 0 Å². The van der Waals surface area contributed by atoms with Gasteiger partial charge in [0.25, 0.3) is 35.4 Å². The molecule has 126 heavy (non-hydrogen) atoms. The van der Waals surface area contributed by atoms with Crippen molar-refractivity contribution in [2.75, 3.05) is 65.4 Å². The zero-order chi connectivity index (χ0) is 87.1. The second kappa shape index (κ2) is 35.4. The van der Waals surface area contributed by atoms with E-state index in [0.717, 1.165) is 63.9 Å². The predicted octanol–water partition coefficient (Wildman–Crippen LogP) is 12.3. The molecule has 636 valence electrons. The van der Waals surface area contributed by atoms with E-state index in [2.05, 4.69) is 102 Å². The SMILES string of the molecule is CC1(C)O[C@@H](CN2[C@H](CN3C(=O)c4ccccc4C3=O)[C@H](c3ccc(C#Cc4ccccc4)cc3)[C@@H]2CN=[N+]=[N-])[C@@H](C=O)O1.CC1(C)O[C@H]2CN3[C@H](CN4C(=O)c5ccccc5C4=O)[C@H](c4ccc(C#Cc5ccccc5)cc4)[C@@H]3CN=C[C@H]2O1.CC1(C)O[C@H]2CN3[C@H](CN4C(=O)c5ccccc5C4=O)[C@H](c4ccc(C#Cc5ccccc5)cc4)[C@@H]3CNC[C@H]2O1. The Kier molecular flexibility index (Phi) is 23.6. The number of imide groups is 3. The second-order valence-corrected chi connectivity index (χ2v) is 34.8. The summed E-state index contributed by atoms with van der Waals surface area (Å²) in [5.74, 6) is 15.5. The number of aliphatic imine (C=N–C) groups is 1. The average molecular weight is 1680 g/mol. The van der Waals surface area contributed by atoms with Gasteiger partial charge in [-0.1, -0.05) is 168 Å². The summed E-state index contributed by atoms with van der Waals surface area (Å²) in [5, 5.41) is 7.51. The lowest BCUT2D eigenvalue weighted by molar-refractivity contribution is -0.154. The van der Waals surface area contributed by atoms with E-state index in [1.165, 1.54) is 20.3 Å². The van der Waals surface area contributed by atoms with Gasteiger partial charge in [-0.05, 0) is 173 Å². The molecule has 11 aliphatic rings. The van der Waals surface area contributed by atoms with Crippen molar-refractivity contribution >= 4 is 47.9 Å². The molecule has 24 nitrogen and oxygen atoms in total. The first kappa shape index (κ1) is 84.2. The van der Waals surface area contributed by atoms with E-state index in [4.69, 9.17) is 33.4 Å². The van der Waals surface area contributed by atoms with Crippen LogP contribution < -0.4 is 5.32 Å². The Morgan fingerprint density at radius 1 is 0.405 bits per heavy atom. The van der Waals surface area contributed by atoms with Crippen LogP contribution in [0, 0.1) is 35.5 Å². The Bertz CT molecular complexity index is 5870. The minimum absolute atomic E-state index is 0.0451. The number of carbonyl (C=O) groups excluding carboxylic acids is 7. The molecule has 6 amide bonds. The Hall–Kier alpha value is -12.7. The summed E-state index contributed by atoms with van der Waals surface area (Å²) in [7, 11) is 0. The van der Waals surface area contributed by atoms with E-state index in [1.54, 1.807) is 86.6 Å². The molecular weight excluding hydrogens is 1590 g/mol. The highest BCUT2D eigenvalue weighted by Gasteiger charge is 2.59. The average Bonchev–Trinajstić information content (AvgIpc) is 1.37. The Morgan fingerprint density at radius 3 is 1.19 bits per heavy atom. The smallest absolute Gasteiger partial charge is 0.261 e. The third kappa shape index (κ3) is 17.1. The summed E-state index contributed by atoms with van der Waals surface area (Å²) in [6, 6.07) is 74.7. The van der Waals surface area contributed by atoms with E-state index in [9.17, 15) is 39.1 Å². The van der Waals surface area contributed by atoms with Crippen LogP contribution in [0.25, 0.3) is 10.4 Å². The molecule has 0 saturated carbocycles. The fraction of sp³-hybridized carbons (Fsp3) is 0.333. The van der Waals surface area contributed by atoms with Crippen LogP contribution >= 0.6 is 0 Å². The van der Waals surface area contributed by atoms with E-state index in [0.29, 0.717) is 66.1 Å². The van der Waals surface area contributed by atoms with Crippen LogP contribution in [0.4, 0.5) is 0 Å². The van der Waals surface area contributed by atoms with Crippen LogP contribution in [0.15, 0.2) is 247 Å². The zero-order valence-corrected chi connectivity index (χ0v) is 70.7. The first-order valence-electron chi connectivity index (χ1n) is 42.9. The van der Waals surface area contributed by atoms with Crippen molar-refractivity contribution in [1.29, 1.82) is 0 Å². The van der Waals surface area contributed by atoms with Gasteiger partial charge in [0.1, 0.15) is 36.6 Å². The maximum atomic E-state index is 13.4. The highest BCUT2D eigenvalue weighted by Crippen LogP contribution is 2.49. The van der Waals surface area contributed by atoms with Gasteiger partial charge in [0.2, 0.25) is 0 Å². The number of hydrogen-bond donors (Lipinski definition) is 1.